The fourth-order valence-electron chi connectivity index (χ4n) is 5.68. The number of hydrogen-bond donors (Lipinski definition) is 0. The summed E-state index contributed by atoms with van der Waals surface area (Å²) in [4.78, 5) is 0. The minimum Gasteiger partial charge on any atom is -0.496 e. The summed E-state index contributed by atoms with van der Waals surface area (Å²) in [6.45, 7) is 14.4. The van der Waals surface area contributed by atoms with Crippen molar-refractivity contribution in [3.05, 3.63) is 63.7 Å². The van der Waals surface area contributed by atoms with Crippen LogP contribution >= 0.6 is 23.4 Å². The van der Waals surface area contributed by atoms with E-state index in [-0.39, 0.29) is 28.8 Å². The van der Waals surface area contributed by atoms with Crippen LogP contribution in [0.25, 0.3) is 0 Å². The molecule has 3 rings (SSSR count). The maximum atomic E-state index is 6.92. The maximum Gasteiger partial charge on any atom is 0.124 e. The standard InChI is InChI=1S/C38H59ClO5S/c1-7-12-20-41-27-34-35(42-21-13-8-2)36(43-22-14-9-3)37(44-23-15-10-4)38(45-34)31-25-30(32(39)26-33(31)40-6)24-29-18-16-28(11-5)17-19-29/h16-19,25-26,34-38H,7-15,20-24,27H2,1-6H3/t34-,35-,36+,37-,38+/m1/s1. The normalized spacial score (nSPS) is 21.7. The quantitative estimate of drug-likeness (QED) is 0.117. The topological polar surface area (TPSA) is 46.2 Å². The van der Waals surface area contributed by atoms with Crippen molar-refractivity contribution in [2.75, 3.05) is 40.1 Å². The average Bonchev–Trinajstić information content (AvgIpc) is 3.05. The molecule has 1 heterocycles. The van der Waals surface area contributed by atoms with Crippen molar-refractivity contribution in [2.24, 2.45) is 0 Å². The van der Waals surface area contributed by atoms with Gasteiger partial charge in [-0.15, -0.1) is 11.8 Å². The number of unbranched alkanes of at least 4 members (excludes halogenated alkanes) is 4. The number of halogens is 1. The fraction of sp³-hybridized carbons (Fsp3) is 0.684. The Morgan fingerprint density at radius 1 is 0.689 bits per heavy atom. The third kappa shape index (κ3) is 11.7. The molecule has 0 saturated carbocycles. The second-order valence-electron chi connectivity index (χ2n) is 12.1. The molecule has 1 aliphatic heterocycles. The van der Waals surface area contributed by atoms with Crippen molar-refractivity contribution in [1.29, 1.82) is 0 Å². The average molecular weight is 663 g/mol. The van der Waals surface area contributed by atoms with Gasteiger partial charge in [0.25, 0.3) is 0 Å². The van der Waals surface area contributed by atoms with Crippen LogP contribution in [0.15, 0.2) is 36.4 Å². The van der Waals surface area contributed by atoms with Crippen LogP contribution in [0, 0.1) is 0 Å². The summed E-state index contributed by atoms with van der Waals surface area (Å²) in [5.41, 5.74) is 4.76. The van der Waals surface area contributed by atoms with Crippen molar-refractivity contribution in [1.82, 2.24) is 0 Å². The van der Waals surface area contributed by atoms with Crippen LogP contribution in [0.4, 0.5) is 0 Å². The first-order valence-corrected chi connectivity index (χ1v) is 18.8. The Morgan fingerprint density at radius 3 is 1.82 bits per heavy atom. The molecule has 0 aromatic heterocycles. The smallest absolute Gasteiger partial charge is 0.124 e. The van der Waals surface area contributed by atoms with Crippen molar-refractivity contribution in [3.8, 4) is 5.75 Å². The molecule has 1 saturated heterocycles. The van der Waals surface area contributed by atoms with E-state index >= 15 is 0 Å². The van der Waals surface area contributed by atoms with Crippen LogP contribution in [-0.4, -0.2) is 63.7 Å². The molecule has 0 bridgehead atoms. The zero-order valence-electron chi connectivity index (χ0n) is 28.8. The Kier molecular flexibility index (Phi) is 18.3. The monoisotopic (exact) mass is 662 g/mol. The second kappa shape index (κ2) is 21.6. The molecule has 7 heteroatoms. The highest BCUT2D eigenvalue weighted by Crippen LogP contribution is 2.50. The van der Waals surface area contributed by atoms with Gasteiger partial charge in [0.1, 0.15) is 24.1 Å². The third-order valence-corrected chi connectivity index (χ3v) is 10.4. The van der Waals surface area contributed by atoms with Gasteiger partial charge in [-0.2, -0.15) is 0 Å². The van der Waals surface area contributed by atoms with Crippen LogP contribution in [0.1, 0.15) is 113 Å². The van der Waals surface area contributed by atoms with E-state index in [1.54, 1.807) is 7.11 Å². The lowest BCUT2D eigenvalue weighted by Crippen LogP contribution is -2.55. The van der Waals surface area contributed by atoms with Crippen molar-refractivity contribution < 1.29 is 23.7 Å². The molecular weight excluding hydrogens is 604 g/mol. The summed E-state index contributed by atoms with van der Waals surface area (Å²) in [5.74, 6) is 0.787. The lowest BCUT2D eigenvalue weighted by Gasteiger charge is -2.46. The molecule has 0 radical (unpaired) electrons. The molecule has 2 aromatic rings. The molecular formula is C38H59ClO5S. The SMILES string of the molecule is CCCCOC[C@H]1S[C@@H](c2cc(Cc3ccc(CC)cc3)c(Cl)cc2OC)[C@H](OCCCC)[C@@H](OCCCC)[C@@H]1OCCCC. The molecule has 0 unspecified atom stereocenters. The van der Waals surface area contributed by atoms with E-state index in [0.29, 0.717) is 26.4 Å². The maximum absolute atomic E-state index is 6.92. The van der Waals surface area contributed by atoms with Gasteiger partial charge in [0.05, 0.1) is 24.2 Å². The van der Waals surface area contributed by atoms with Gasteiger partial charge in [-0.3, -0.25) is 0 Å². The van der Waals surface area contributed by atoms with E-state index < -0.39 is 0 Å². The molecule has 0 aliphatic carbocycles. The lowest BCUT2D eigenvalue weighted by atomic mass is 9.93. The highest BCUT2D eigenvalue weighted by Gasteiger charge is 2.49. The van der Waals surface area contributed by atoms with Crippen molar-refractivity contribution in [3.63, 3.8) is 0 Å². The van der Waals surface area contributed by atoms with Gasteiger partial charge in [-0.05, 0) is 67.3 Å². The first kappa shape index (κ1) is 38.2. The summed E-state index contributed by atoms with van der Waals surface area (Å²) in [6.07, 6.45) is 9.64. The number of rotatable bonds is 22. The van der Waals surface area contributed by atoms with E-state index in [1.807, 2.05) is 17.8 Å². The molecule has 254 valence electrons. The molecule has 5 nitrogen and oxygen atoms in total. The van der Waals surface area contributed by atoms with E-state index in [9.17, 15) is 0 Å². The summed E-state index contributed by atoms with van der Waals surface area (Å²) < 4.78 is 32.6. The number of thioether (sulfide) groups is 1. The van der Waals surface area contributed by atoms with E-state index in [0.717, 1.165) is 92.7 Å². The number of benzene rings is 2. The molecule has 0 N–H and O–H groups in total. The Hall–Kier alpha value is -1.28. The number of aryl methyl sites for hydroxylation is 1. The first-order chi connectivity index (χ1) is 22.0. The van der Waals surface area contributed by atoms with Crippen LogP contribution < -0.4 is 4.74 Å². The Labute approximate surface area is 283 Å². The molecule has 5 atom stereocenters. The van der Waals surface area contributed by atoms with Crippen molar-refractivity contribution in [2.45, 2.75) is 128 Å². The summed E-state index contributed by atoms with van der Waals surface area (Å²) in [7, 11) is 1.73. The highest BCUT2D eigenvalue weighted by molar-refractivity contribution is 8.00. The zero-order valence-corrected chi connectivity index (χ0v) is 30.4. The Bertz CT molecular complexity index is 1080. The molecule has 0 spiro atoms. The molecule has 45 heavy (non-hydrogen) atoms. The van der Waals surface area contributed by atoms with E-state index in [2.05, 4.69) is 65.0 Å². The van der Waals surface area contributed by atoms with Crippen LogP contribution in [-0.2, 0) is 31.8 Å². The number of methoxy groups -OCH3 is 1. The van der Waals surface area contributed by atoms with Crippen molar-refractivity contribution >= 4 is 23.4 Å². The number of ether oxygens (including phenoxy) is 5. The van der Waals surface area contributed by atoms with E-state index in [4.69, 9.17) is 35.3 Å². The summed E-state index contributed by atoms with van der Waals surface area (Å²) >= 11 is 8.81. The molecule has 1 aliphatic rings. The Balaban J connectivity index is 2.06. The van der Waals surface area contributed by atoms with Gasteiger partial charge in [0.15, 0.2) is 0 Å². The number of hydrogen-bond acceptors (Lipinski definition) is 6. The van der Waals surface area contributed by atoms with Gasteiger partial charge < -0.3 is 23.7 Å². The minimum absolute atomic E-state index is 0.0345. The van der Waals surface area contributed by atoms with Crippen LogP contribution in [0.2, 0.25) is 5.02 Å². The summed E-state index contributed by atoms with van der Waals surface area (Å²) in [6, 6.07) is 13.1. The van der Waals surface area contributed by atoms with E-state index in [1.165, 1.54) is 11.1 Å². The fourth-order valence-corrected chi connectivity index (χ4v) is 7.56. The first-order valence-electron chi connectivity index (χ1n) is 17.5. The van der Waals surface area contributed by atoms with Gasteiger partial charge in [-0.25, -0.2) is 0 Å². The van der Waals surface area contributed by atoms with Gasteiger partial charge >= 0.3 is 0 Å². The molecule has 0 amide bonds. The largest absolute Gasteiger partial charge is 0.496 e. The lowest BCUT2D eigenvalue weighted by molar-refractivity contribution is -0.149. The van der Waals surface area contributed by atoms with Gasteiger partial charge in [0, 0.05) is 37.0 Å². The second-order valence-corrected chi connectivity index (χ2v) is 13.9. The predicted octanol–water partition coefficient (Wildman–Crippen LogP) is 10.0. The minimum atomic E-state index is -0.221. The molecule has 2 aromatic carbocycles. The zero-order chi connectivity index (χ0) is 32.4. The Morgan fingerprint density at radius 2 is 1.24 bits per heavy atom. The highest BCUT2D eigenvalue weighted by atomic mass is 35.5. The van der Waals surface area contributed by atoms with Crippen LogP contribution in [0.3, 0.4) is 0 Å². The van der Waals surface area contributed by atoms with Gasteiger partial charge in [0.2, 0.25) is 0 Å². The third-order valence-electron chi connectivity index (χ3n) is 8.51. The predicted molar refractivity (Wildman–Crippen MR) is 190 cm³/mol. The summed E-state index contributed by atoms with van der Waals surface area (Å²) in [5, 5.41) is 0.773. The van der Waals surface area contributed by atoms with Gasteiger partial charge in [-0.1, -0.05) is 96.2 Å². The molecule has 1 fully saturated rings. The van der Waals surface area contributed by atoms with Crippen LogP contribution in [0.5, 0.6) is 5.75 Å².